The van der Waals surface area contributed by atoms with E-state index in [9.17, 15) is 14.2 Å². The Labute approximate surface area is 175 Å². The zero-order valence-corrected chi connectivity index (χ0v) is 19.1. The van der Waals surface area contributed by atoms with Crippen molar-refractivity contribution in [2.45, 2.75) is 64.8 Å². The number of carboxylic acids is 1. The van der Waals surface area contributed by atoms with Crippen LogP contribution in [0.4, 0.5) is 8.78 Å². The molecule has 1 rings (SSSR count). The van der Waals surface area contributed by atoms with Gasteiger partial charge in [-0.25, -0.2) is 0 Å². The number of rotatable bonds is 8. The molecule has 1 aromatic rings. The summed E-state index contributed by atoms with van der Waals surface area (Å²) in [5.74, 6) is -3.81. The van der Waals surface area contributed by atoms with Gasteiger partial charge in [-0.1, -0.05) is 24.3 Å². The molecule has 0 heterocycles. The first-order chi connectivity index (χ1) is 13.4. The van der Waals surface area contributed by atoms with E-state index < -0.39 is 47.9 Å². The third kappa shape index (κ3) is 6.86. The maximum atomic E-state index is 15.3. The lowest BCUT2D eigenvalue weighted by molar-refractivity contribution is -0.156. The van der Waals surface area contributed by atoms with Crippen LogP contribution in [0, 0.1) is 5.92 Å². The van der Waals surface area contributed by atoms with Crippen LogP contribution in [0.15, 0.2) is 24.3 Å². The second-order valence-corrected chi connectivity index (χ2v) is 10.7. The van der Waals surface area contributed by atoms with Gasteiger partial charge in [-0.05, 0) is 53.5 Å². The fourth-order valence-corrected chi connectivity index (χ4v) is 4.68. The van der Waals surface area contributed by atoms with Crippen LogP contribution in [0.5, 0.6) is 0 Å². The summed E-state index contributed by atoms with van der Waals surface area (Å²) in [6.07, 6.45) is -0.248. The smallest absolute Gasteiger partial charge is 0.405 e. The third-order valence-corrected chi connectivity index (χ3v) is 6.18. The summed E-state index contributed by atoms with van der Waals surface area (Å²) in [6.45, 7) is 8.94. The number of carbonyl (C=O) groups excluding carboxylic acids is 1. The number of carboxylic acid groups (broad SMARTS) is 1. The van der Waals surface area contributed by atoms with Gasteiger partial charge in [0.2, 0.25) is 0 Å². The summed E-state index contributed by atoms with van der Waals surface area (Å²) in [5.41, 5.74) is -6.61. The highest BCUT2D eigenvalue weighted by Crippen LogP contribution is 2.69. The minimum absolute atomic E-state index is 0.248. The maximum absolute atomic E-state index is 15.3. The Kier molecular flexibility index (Phi) is 7.97. The quantitative estimate of drug-likeness (QED) is 0.339. The van der Waals surface area contributed by atoms with E-state index in [1.165, 1.54) is 53.7 Å². The number of benzene rings is 1. The molecule has 1 atom stereocenters. The van der Waals surface area contributed by atoms with Gasteiger partial charge in [0.25, 0.3) is 0 Å². The molecule has 30 heavy (non-hydrogen) atoms. The second-order valence-electron chi connectivity index (χ2n) is 8.76. The lowest BCUT2D eigenvalue weighted by Crippen LogP contribution is -2.30. The Morgan fingerprint density at radius 1 is 1.00 bits per heavy atom. The van der Waals surface area contributed by atoms with Crippen molar-refractivity contribution in [3.63, 3.8) is 0 Å². The minimum Gasteiger partial charge on any atom is -0.481 e. The van der Waals surface area contributed by atoms with Crippen molar-refractivity contribution in [3.05, 3.63) is 35.4 Å². The maximum Gasteiger partial charge on any atom is 0.405 e. The second kappa shape index (κ2) is 9.12. The van der Waals surface area contributed by atoms with Gasteiger partial charge in [0.05, 0.1) is 18.3 Å². The summed E-state index contributed by atoms with van der Waals surface area (Å²) >= 11 is 0. The summed E-state index contributed by atoms with van der Waals surface area (Å²) in [6, 6.07) is 4.49. The van der Waals surface area contributed by atoms with E-state index in [2.05, 4.69) is 4.74 Å². The van der Waals surface area contributed by atoms with Crippen molar-refractivity contribution in [2.24, 2.45) is 5.92 Å². The lowest BCUT2D eigenvalue weighted by Gasteiger charge is -2.36. The van der Waals surface area contributed by atoms with E-state index in [4.69, 9.17) is 14.2 Å². The van der Waals surface area contributed by atoms with E-state index in [1.54, 1.807) is 0 Å². The number of esters is 1. The number of aliphatic carboxylic acids is 1. The van der Waals surface area contributed by atoms with Gasteiger partial charge in [-0.3, -0.25) is 23.2 Å². The van der Waals surface area contributed by atoms with Gasteiger partial charge >= 0.3 is 25.2 Å². The Morgan fingerprint density at radius 3 is 1.77 bits per heavy atom. The molecular formula is C20H29F2O7P. The van der Waals surface area contributed by atoms with Crippen LogP contribution in [0.25, 0.3) is 0 Å². The molecule has 0 fully saturated rings. The van der Waals surface area contributed by atoms with Crippen LogP contribution in [-0.2, 0) is 40.0 Å². The van der Waals surface area contributed by atoms with E-state index >= 15 is 8.78 Å². The van der Waals surface area contributed by atoms with Crippen LogP contribution < -0.4 is 0 Å². The number of carbonyl (C=O) groups is 2. The summed E-state index contributed by atoms with van der Waals surface area (Å²) in [4.78, 5) is 22.8. The predicted molar refractivity (Wildman–Crippen MR) is 106 cm³/mol. The molecule has 0 aliphatic rings. The molecule has 0 saturated carbocycles. The molecule has 0 amide bonds. The number of methoxy groups -OCH3 is 1. The van der Waals surface area contributed by atoms with Gasteiger partial charge in [0.1, 0.15) is 0 Å². The van der Waals surface area contributed by atoms with Gasteiger partial charge in [-0.15, -0.1) is 0 Å². The van der Waals surface area contributed by atoms with Crippen molar-refractivity contribution in [2.75, 3.05) is 7.11 Å². The topological polar surface area (TPSA) is 99.1 Å². The molecular weight excluding hydrogens is 421 g/mol. The molecule has 1 unspecified atom stereocenters. The van der Waals surface area contributed by atoms with Crippen molar-refractivity contribution in [1.29, 1.82) is 0 Å². The van der Waals surface area contributed by atoms with Crippen LogP contribution >= 0.6 is 7.60 Å². The Bertz CT molecular complexity index is 788. The largest absolute Gasteiger partial charge is 0.481 e. The van der Waals surface area contributed by atoms with E-state index in [0.717, 1.165) is 19.2 Å². The number of ether oxygens (including phenoxy) is 1. The molecule has 0 radical (unpaired) electrons. The van der Waals surface area contributed by atoms with Crippen LogP contribution in [0.2, 0.25) is 0 Å². The molecule has 0 aliphatic heterocycles. The van der Waals surface area contributed by atoms with Gasteiger partial charge in [0.15, 0.2) is 5.92 Å². The van der Waals surface area contributed by atoms with Crippen molar-refractivity contribution in [1.82, 2.24) is 0 Å². The fourth-order valence-electron chi connectivity index (χ4n) is 2.50. The van der Waals surface area contributed by atoms with Gasteiger partial charge in [-0.2, -0.15) is 8.78 Å². The molecule has 0 spiro atoms. The molecule has 0 bridgehead atoms. The molecule has 10 heteroatoms. The average Bonchev–Trinajstić information content (AvgIpc) is 2.55. The normalized spacial score (nSPS) is 14.3. The van der Waals surface area contributed by atoms with Crippen LogP contribution in [-0.4, -0.2) is 35.4 Å². The molecule has 0 aliphatic carbocycles. The third-order valence-electron chi connectivity index (χ3n) is 3.66. The number of alkyl halides is 2. The zero-order chi connectivity index (χ0) is 23.5. The van der Waals surface area contributed by atoms with Crippen LogP contribution in [0.3, 0.4) is 0 Å². The van der Waals surface area contributed by atoms with E-state index in [1.807, 2.05) is 0 Å². The lowest BCUT2D eigenvalue weighted by atomic mass is 9.98. The van der Waals surface area contributed by atoms with Gasteiger partial charge < -0.3 is 9.84 Å². The van der Waals surface area contributed by atoms with Crippen molar-refractivity contribution in [3.8, 4) is 0 Å². The number of hydrogen-bond donors (Lipinski definition) is 1. The molecule has 170 valence electrons. The molecule has 7 nitrogen and oxygen atoms in total. The molecule has 1 aromatic carbocycles. The monoisotopic (exact) mass is 450 g/mol. The minimum atomic E-state index is -4.97. The Morgan fingerprint density at radius 2 is 1.43 bits per heavy atom. The van der Waals surface area contributed by atoms with Gasteiger partial charge in [0, 0.05) is 5.56 Å². The molecule has 1 N–H and O–H groups in total. The number of halogens is 2. The van der Waals surface area contributed by atoms with E-state index in [-0.39, 0.29) is 6.42 Å². The molecule has 0 aromatic heterocycles. The highest BCUT2D eigenvalue weighted by atomic mass is 31.2. The SMILES string of the molecule is COC(=O)C(Cc1ccc(C(F)(F)P(=O)(OC(C)(C)C)OC(C)(C)C)cc1)C(=O)O. The molecule has 0 saturated heterocycles. The van der Waals surface area contributed by atoms with E-state index in [0.29, 0.717) is 5.56 Å². The first-order valence-corrected chi connectivity index (χ1v) is 10.8. The van der Waals surface area contributed by atoms with Crippen molar-refractivity contribution >= 4 is 19.5 Å². The van der Waals surface area contributed by atoms with Crippen molar-refractivity contribution < 1.29 is 41.8 Å². The van der Waals surface area contributed by atoms with Crippen LogP contribution in [0.1, 0.15) is 52.7 Å². The average molecular weight is 450 g/mol. The highest BCUT2D eigenvalue weighted by molar-refractivity contribution is 7.54. The first kappa shape index (κ1) is 26.2. The summed E-state index contributed by atoms with van der Waals surface area (Å²) in [7, 11) is -3.91. The number of hydrogen-bond acceptors (Lipinski definition) is 6. The fraction of sp³-hybridized carbons (Fsp3) is 0.600. The summed E-state index contributed by atoms with van der Waals surface area (Å²) < 4.78 is 58.7. The zero-order valence-electron chi connectivity index (χ0n) is 18.2. The Balaban J connectivity index is 3.28. The first-order valence-electron chi connectivity index (χ1n) is 9.21. The predicted octanol–water partition coefficient (Wildman–Crippen LogP) is 4.98. The standard InChI is InChI=1S/C20H29F2O7P/c1-18(2,3)28-30(26,29-19(4,5)6)20(21,22)14-10-8-13(9-11-14)12-15(16(23)24)17(25)27-7/h8-11,15H,12H2,1-7H3,(H,23,24). The summed E-state index contributed by atoms with van der Waals surface area (Å²) in [5, 5.41) is 9.15. The highest BCUT2D eigenvalue weighted by Gasteiger charge is 2.58. The Hall–Kier alpha value is -1.83.